The van der Waals surface area contributed by atoms with Gasteiger partial charge in [-0.15, -0.1) is 0 Å². The number of aromatic nitrogens is 1. The molecule has 7 heteroatoms. The van der Waals surface area contributed by atoms with Crippen LogP contribution in [0.25, 0.3) is 0 Å². The second-order valence-electron chi connectivity index (χ2n) is 3.00. The number of aliphatic carboxylic acids is 1. The standard InChI is InChI=1S/C11H11N3O4/c1-2-6-18-14-10(11(16)17)8-4-3-5-9(13-8)12-7-15/h2-5,7H,1,6H2,(H,16,17)(H,12,13,15). The number of hydrogen-bond acceptors (Lipinski definition) is 5. The maximum Gasteiger partial charge on any atom is 0.360 e. The Labute approximate surface area is 103 Å². The number of nitrogens with one attached hydrogen (secondary N) is 1. The molecule has 0 saturated heterocycles. The number of rotatable bonds is 7. The Bertz CT molecular complexity index is 485. The van der Waals surface area contributed by atoms with Crippen molar-refractivity contribution in [2.75, 3.05) is 11.9 Å². The Morgan fingerprint density at radius 1 is 1.61 bits per heavy atom. The first kappa shape index (κ1) is 13.4. The van der Waals surface area contributed by atoms with E-state index in [4.69, 9.17) is 9.94 Å². The number of nitrogens with zero attached hydrogens (tertiary/aromatic N) is 2. The van der Waals surface area contributed by atoms with Crippen molar-refractivity contribution in [3.05, 3.63) is 36.5 Å². The van der Waals surface area contributed by atoms with Crippen LogP contribution in [0.4, 0.5) is 5.82 Å². The first-order valence-corrected chi connectivity index (χ1v) is 4.90. The zero-order valence-corrected chi connectivity index (χ0v) is 9.37. The number of hydrogen-bond donors (Lipinski definition) is 2. The van der Waals surface area contributed by atoms with Crippen molar-refractivity contribution in [3.63, 3.8) is 0 Å². The van der Waals surface area contributed by atoms with E-state index < -0.39 is 5.97 Å². The lowest BCUT2D eigenvalue weighted by Crippen LogP contribution is -2.17. The Balaban J connectivity index is 3.01. The van der Waals surface area contributed by atoms with Gasteiger partial charge in [-0.05, 0) is 12.1 Å². The molecule has 1 aromatic rings. The largest absolute Gasteiger partial charge is 0.476 e. The smallest absolute Gasteiger partial charge is 0.360 e. The van der Waals surface area contributed by atoms with Crippen LogP contribution in [0.5, 0.6) is 0 Å². The van der Waals surface area contributed by atoms with E-state index in [1.54, 1.807) is 6.07 Å². The minimum atomic E-state index is -1.28. The fourth-order valence-electron chi connectivity index (χ4n) is 1.06. The van der Waals surface area contributed by atoms with Gasteiger partial charge < -0.3 is 15.3 Å². The number of carbonyl (C=O) groups excluding carboxylic acids is 1. The quantitative estimate of drug-likeness (QED) is 0.243. The summed E-state index contributed by atoms with van der Waals surface area (Å²) in [6.45, 7) is 3.49. The van der Waals surface area contributed by atoms with E-state index in [9.17, 15) is 9.59 Å². The summed E-state index contributed by atoms with van der Waals surface area (Å²) in [5, 5.41) is 14.7. The zero-order valence-electron chi connectivity index (χ0n) is 9.37. The van der Waals surface area contributed by atoms with Crippen LogP contribution in [0.1, 0.15) is 5.69 Å². The lowest BCUT2D eigenvalue weighted by molar-refractivity contribution is -0.129. The van der Waals surface area contributed by atoms with E-state index in [1.807, 2.05) is 0 Å². The highest BCUT2D eigenvalue weighted by molar-refractivity contribution is 6.41. The van der Waals surface area contributed by atoms with Crippen LogP contribution in [0.2, 0.25) is 0 Å². The van der Waals surface area contributed by atoms with Gasteiger partial charge in [0.15, 0.2) is 0 Å². The van der Waals surface area contributed by atoms with E-state index in [0.717, 1.165) is 0 Å². The lowest BCUT2D eigenvalue weighted by Gasteiger charge is -2.03. The molecule has 1 rings (SSSR count). The lowest BCUT2D eigenvalue weighted by atomic mass is 10.2. The molecule has 0 radical (unpaired) electrons. The topological polar surface area (TPSA) is 101 Å². The number of anilines is 1. The molecular formula is C11H11N3O4. The molecule has 18 heavy (non-hydrogen) atoms. The highest BCUT2D eigenvalue weighted by atomic mass is 16.6. The normalized spacial score (nSPS) is 10.6. The van der Waals surface area contributed by atoms with E-state index in [0.29, 0.717) is 6.41 Å². The molecular weight excluding hydrogens is 238 g/mol. The Morgan fingerprint density at radius 3 is 3.00 bits per heavy atom. The summed E-state index contributed by atoms with van der Waals surface area (Å²) >= 11 is 0. The molecule has 0 fully saturated rings. The highest BCUT2D eigenvalue weighted by Crippen LogP contribution is 2.06. The number of pyridine rings is 1. The molecule has 1 amide bonds. The third kappa shape index (κ3) is 3.71. The van der Waals surface area contributed by atoms with Gasteiger partial charge in [-0.1, -0.05) is 23.9 Å². The molecule has 0 aliphatic carbocycles. The summed E-state index contributed by atoms with van der Waals surface area (Å²) < 4.78 is 0. The summed E-state index contributed by atoms with van der Waals surface area (Å²) in [6, 6.07) is 4.50. The molecule has 1 aromatic heterocycles. The van der Waals surface area contributed by atoms with Crippen LogP contribution in [-0.2, 0) is 14.4 Å². The Kier molecular flexibility index (Phi) is 5.04. The highest BCUT2D eigenvalue weighted by Gasteiger charge is 2.15. The molecule has 0 aliphatic rings. The molecule has 0 aliphatic heterocycles. The first-order chi connectivity index (χ1) is 8.69. The van der Waals surface area contributed by atoms with Gasteiger partial charge in [-0.2, -0.15) is 0 Å². The van der Waals surface area contributed by atoms with Crippen molar-refractivity contribution in [2.24, 2.45) is 5.16 Å². The monoisotopic (exact) mass is 249 g/mol. The van der Waals surface area contributed by atoms with Crippen LogP contribution in [0, 0.1) is 0 Å². The molecule has 0 spiro atoms. The maximum absolute atomic E-state index is 11.0. The minimum Gasteiger partial charge on any atom is -0.476 e. The van der Waals surface area contributed by atoms with Crippen molar-refractivity contribution in [3.8, 4) is 0 Å². The molecule has 0 atom stereocenters. The molecule has 1 heterocycles. The average molecular weight is 249 g/mol. The van der Waals surface area contributed by atoms with Gasteiger partial charge >= 0.3 is 5.97 Å². The Hall–Kier alpha value is -2.70. The molecule has 0 aromatic carbocycles. The van der Waals surface area contributed by atoms with E-state index in [2.05, 4.69) is 22.0 Å². The zero-order chi connectivity index (χ0) is 13.4. The number of carboxylic acids is 1. The summed E-state index contributed by atoms with van der Waals surface area (Å²) in [5.41, 5.74) is -0.273. The van der Waals surface area contributed by atoms with Crippen molar-refractivity contribution in [1.82, 2.24) is 4.98 Å². The van der Waals surface area contributed by atoms with E-state index >= 15 is 0 Å². The molecule has 0 unspecified atom stereocenters. The second-order valence-corrected chi connectivity index (χ2v) is 3.00. The van der Waals surface area contributed by atoms with Gasteiger partial charge in [0.25, 0.3) is 0 Å². The third-order valence-corrected chi connectivity index (χ3v) is 1.75. The van der Waals surface area contributed by atoms with Crippen molar-refractivity contribution >= 4 is 23.9 Å². The van der Waals surface area contributed by atoms with E-state index in [-0.39, 0.29) is 23.8 Å². The van der Waals surface area contributed by atoms with Crippen molar-refractivity contribution in [1.29, 1.82) is 0 Å². The summed E-state index contributed by atoms with van der Waals surface area (Å²) in [5.74, 6) is -1.06. The van der Waals surface area contributed by atoms with Gasteiger partial charge in [-0.3, -0.25) is 4.79 Å². The molecule has 2 N–H and O–H groups in total. The van der Waals surface area contributed by atoms with Crippen molar-refractivity contribution in [2.45, 2.75) is 0 Å². The molecule has 7 nitrogen and oxygen atoms in total. The number of carbonyl (C=O) groups is 2. The van der Waals surface area contributed by atoms with Crippen LogP contribution in [-0.4, -0.2) is 34.8 Å². The minimum absolute atomic E-state index is 0.0819. The molecule has 0 bridgehead atoms. The van der Waals surface area contributed by atoms with Crippen LogP contribution in [0.15, 0.2) is 36.0 Å². The third-order valence-electron chi connectivity index (χ3n) is 1.75. The summed E-state index contributed by atoms with van der Waals surface area (Å²) in [6.07, 6.45) is 1.87. The number of oxime groups is 1. The fourth-order valence-corrected chi connectivity index (χ4v) is 1.06. The van der Waals surface area contributed by atoms with E-state index in [1.165, 1.54) is 18.2 Å². The van der Waals surface area contributed by atoms with Gasteiger partial charge in [0.2, 0.25) is 12.1 Å². The van der Waals surface area contributed by atoms with Crippen LogP contribution in [0.3, 0.4) is 0 Å². The Morgan fingerprint density at radius 2 is 2.39 bits per heavy atom. The van der Waals surface area contributed by atoms with Gasteiger partial charge in [0.05, 0.1) is 0 Å². The molecule has 0 saturated carbocycles. The second kappa shape index (κ2) is 6.79. The van der Waals surface area contributed by atoms with Crippen LogP contribution >= 0.6 is 0 Å². The van der Waals surface area contributed by atoms with Crippen molar-refractivity contribution < 1.29 is 19.5 Å². The van der Waals surface area contributed by atoms with Crippen LogP contribution < -0.4 is 5.32 Å². The summed E-state index contributed by atoms with van der Waals surface area (Å²) in [4.78, 5) is 29.9. The predicted molar refractivity (Wildman–Crippen MR) is 64.2 cm³/mol. The first-order valence-electron chi connectivity index (χ1n) is 4.90. The van der Waals surface area contributed by atoms with Gasteiger partial charge in [0, 0.05) is 0 Å². The van der Waals surface area contributed by atoms with Gasteiger partial charge in [0.1, 0.15) is 18.1 Å². The number of amides is 1. The number of carboxylic acid groups (broad SMARTS) is 1. The maximum atomic E-state index is 11.0. The molecule has 94 valence electrons. The summed E-state index contributed by atoms with van der Waals surface area (Å²) in [7, 11) is 0. The predicted octanol–water partition coefficient (Wildman–Crippen LogP) is 0.641. The fraction of sp³-hybridized carbons (Fsp3) is 0.0909. The van der Waals surface area contributed by atoms with Gasteiger partial charge in [-0.25, -0.2) is 9.78 Å². The average Bonchev–Trinajstić information content (AvgIpc) is 2.35. The SMILES string of the molecule is C=CCON=C(C(=O)O)c1cccc(NC=O)n1.